The van der Waals surface area contributed by atoms with Gasteiger partial charge in [0.1, 0.15) is 6.04 Å². The minimum absolute atomic E-state index is 0.0620. The van der Waals surface area contributed by atoms with Crippen molar-refractivity contribution >= 4 is 11.0 Å². The summed E-state index contributed by atoms with van der Waals surface area (Å²) < 4.78 is 0.715. The monoisotopic (exact) mass is 303 g/mol. The molecule has 1 aromatic carbocycles. The smallest absolute Gasteiger partial charge is 0.395 e. The first-order valence-electron chi connectivity index (χ1n) is 7.57. The molecule has 0 amide bonds. The highest BCUT2D eigenvalue weighted by atomic mass is 16.5. The quantitative estimate of drug-likeness (QED) is 0.633. The van der Waals surface area contributed by atoms with Crippen molar-refractivity contribution in [2.24, 2.45) is 5.73 Å². The number of hydrogen-bond donors (Lipinski definition) is 1. The minimum Gasteiger partial charge on any atom is -0.710 e. The number of fused-ring (bicyclic) bond motifs is 3. The minimum atomic E-state index is -0.604. The molecule has 0 fully saturated rings. The Balaban J connectivity index is 2.18. The summed E-state index contributed by atoms with van der Waals surface area (Å²) >= 11 is 0. The van der Waals surface area contributed by atoms with Crippen LogP contribution in [-0.4, -0.2) is 30.6 Å². The molecule has 2 aromatic rings. The first-order valence-corrected chi connectivity index (χ1v) is 7.57. The van der Waals surface area contributed by atoms with E-state index in [0.717, 1.165) is 36.8 Å². The molecule has 0 saturated carbocycles. The van der Waals surface area contributed by atoms with Crippen molar-refractivity contribution in [3.05, 3.63) is 39.5 Å². The highest BCUT2D eigenvalue weighted by Gasteiger charge is 2.31. The molecule has 7 heteroatoms. The molecule has 1 aliphatic rings. The largest absolute Gasteiger partial charge is 0.710 e. The second-order valence-electron chi connectivity index (χ2n) is 6.17. The lowest BCUT2D eigenvalue weighted by Crippen LogP contribution is -2.49. The van der Waals surface area contributed by atoms with Crippen molar-refractivity contribution in [3.63, 3.8) is 0 Å². The molecule has 1 heterocycles. The van der Waals surface area contributed by atoms with Crippen LogP contribution in [0.4, 0.5) is 0 Å². The fraction of sp³-hybridized carbons (Fsp3) is 0.533. The van der Waals surface area contributed by atoms with Gasteiger partial charge in [-0.05, 0) is 51.4 Å². The summed E-state index contributed by atoms with van der Waals surface area (Å²) in [5.74, 6) is 0.0620. The Bertz CT molecular complexity index is 717. The highest BCUT2D eigenvalue weighted by Crippen LogP contribution is 2.25. The second-order valence-corrected chi connectivity index (χ2v) is 6.17. The number of likely N-dealkylation sites (N-methyl/N-ethyl adjacent to an activating group) is 1. The van der Waals surface area contributed by atoms with Gasteiger partial charge < -0.3 is 21.0 Å². The van der Waals surface area contributed by atoms with E-state index in [1.54, 1.807) is 6.07 Å². The molecule has 1 aromatic heterocycles. The van der Waals surface area contributed by atoms with Gasteiger partial charge in [-0.15, -0.1) is 0 Å². The van der Waals surface area contributed by atoms with E-state index >= 15 is 0 Å². The molecular weight excluding hydrogens is 282 g/mol. The second kappa shape index (κ2) is 5.66. The first kappa shape index (κ1) is 14.9. The fourth-order valence-electron chi connectivity index (χ4n) is 3.18. The van der Waals surface area contributed by atoms with Gasteiger partial charge in [-0.2, -0.15) is 0 Å². The molecular formula is C15H21N5O2. The van der Waals surface area contributed by atoms with E-state index in [4.69, 9.17) is 5.73 Å². The average molecular weight is 303 g/mol. The lowest BCUT2D eigenvalue weighted by atomic mass is 9.90. The summed E-state index contributed by atoms with van der Waals surface area (Å²) in [7, 11) is 3.72. The van der Waals surface area contributed by atoms with Crippen molar-refractivity contribution in [2.45, 2.75) is 31.7 Å². The van der Waals surface area contributed by atoms with E-state index in [0.29, 0.717) is 27.2 Å². The van der Waals surface area contributed by atoms with E-state index in [1.165, 1.54) is 0 Å². The van der Waals surface area contributed by atoms with Gasteiger partial charge in [-0.1, -0.05) is 6.07 Å². The van der Waals surface area contributed by atoms with Crippen molar-refractivity contribution in [1.29, 1.82) is 0 Å². The SMILES string of the molecule is CN(C)CC(N)c1n[n+]([O-])c2c3c(ccc2[n+]1[O-])CCCC3. The van der Waals surface area contributed by atoms with E-state index < -0.39 is 6.04 Å². The predicted octanol–water partition coefficient (Wildman–Crippen LogP) is -0.0582. The molecule has 0 aliphatic heterocycles. The molecule has 2 N–H and O–H groups in total. The number of rotatable bonds is 3. The Morgan fingerprint density at radius 1 is 1.27 bits per heavy atom. The van der Waals surface area contributed by atoms with E-state index in [2.05, 4.69) is 5.10 Å². The third-order valence-corrected chi connectivity index (χ3v) is 4.19. The molecule has 0 saturated heterocycles. The van der Waals surface area contributed by atoms with Gasteiger partial charge in [0.25, 0.3) is 0 Å². The molecule has 1 unspecified atom stereocenters. The highest BCUT2D eigenvalue weighted by molar-refractivity contribution is 5.74. The standard InChI is InChI=1S/C15H21N5O2/c1-18(2)9-12(16)15-17-20(22)14-11-6-4-3-5-10(11)7-8-13(14)19(15)21/h7-8,12H,3-6,9,16H2,1-2H3. The topological polar surface area (TPSA) is 96.0 Å². The first-order chi connectivity index (χ1) is 10.5. The Morgan fingerprint density at radius 3 is 2.73 bits per heavy atom. The van der Waals surface area contributed by atoms with Crippen LogP contribution in [-0.2, 0) is 12.8 Å². The maximum Gasteiger partial charge on any atom is 0.395 e. The number of nitrogens with two attached hydrogens (primary N) is 1. The lowest BCUT2D eigenvalue weighted by molar-refractivity contribution is -0.686. The molecule has 1 aliphatic carbocycles. The predicted molar refractivity (Wildman–Crippen MR) is 81.8 cm³/mol. The maximum atomic E-state index is 12.6. The van der Waals surface area contributed by atoms with Crippen molar-refractivity contribution < 1.29 is 9.58 Å². The van der Waals surface area contributed by atoms with Crippen molar-refractivity contribution in [3.8, 4) is 0 Å². The zero-order valence-electron chi connectivity index (χ0n) is 13.0. The fourth-order valence-corrected chi connectivity index (χ4v) is 3.18. The van der Waals surface area contributed by atoms with Gasteiger partial charge in [-0.3, -0.25) is 0 Å². The van der Waals surface area contributed by atoms with Gasteiger partial charge in [0.05, 0.1) is 4.85 Å². The Morgan fingerprint density at radius 2 is 2.00 bits per heavy atom. The molecule has 3 rings (SSSR count). The molecule has 22 heavy (non-hydrogen) atoms. The van der Waals surface area contributed by atoms with Gasteiger partial charge in [0, 0.05) is 12.1 Å². The van der Waals surface area contributed by atoms with Crippen LogP contribution in [0.1, 0.15) is 35.8 Å². The molecule has 0 radical (unpaired) electrons. The van der Waals surface area contributed by atoms with Crippen LogP contribution in [0.2, 0.25) is 0 Å². The molecule has 7 nitrogen and oxygen atoms in total. The molecule has 1 atom stereocenters. The van der Waals surface area contributed by atoms with E-state index in [-0.39, 0.29) is 5.82 Å². The average Bonchev–Trinajstić information content (AvgIpc) is 2.49. The molecule has 0 spiro atoms. The Labute approximate surface area is 129 Å². The summed E-state index contributed by atoms with van der Waals surface area (Å²) in [6.45, 7) is 0.450. The Kier molecular flexibility index (Phi) is 3.84. The number of hydrogen-bond acceptors (Lipinski definition) is 5. The van der Waals surface area contributed by atoms with Crippen molar-refractivity contribution in [2.75, 3.05) is 20.6 Å². The third-order valence-electron chi connectivity index (χ3n) is 4.19. The summed E-state index contributed by atoms with van der Waals surface area (Å²) in [6.07, 6.45) is 3.92. The lowest BCUT2D eigenvalue weighted by Gasteiger charge is -2.18. The summed E-state index contributed by atoms with van der Waals surface area (Å²) in [5, 5.41) is 28.9. The van der Waals surface area contributed by atoms with E-state index in [9.17, 15) is 10.4 Å². The molecule has 118 valence electrons. The summed E-state index contributed by atoms with van der Waals surface area (Å²) in [5.41, 5.74) is 8.88. The zero-order valence-corrected chi connectivity index (χ0v) is 13.0. The van der Waals surface area contributed by atoms with Crippen LogP contribution in [0.3, 0.4) is 0 Å². The van der Waals surface area contributed by atoms with Crippen LogP contribution in [0.25, 0.3) is 11.0 Å². The maximum absolute atomic E-state index is 12.6. The normalized spacial score (nSPS) is 16.0. The number of aryl methyl sites for hydroxylation is 2. The van der Waals surface area contributed by atoms with Crippen LogP contribution in [0.15, 0.2) is 12.1 Å². The zero-order chi connectivity index (χ0) is 15.9. The summed E-state index contributed by atoms with van der Waals surface area (Å²) in [6, 6.07) is 3.06. The van der Waals surface area contributed by atoms with Crippen LogP contribution in [0, 0.1) is 10.4 Å². The number of benzene rings is 1. The number of nitrogens with zero attached hydrogens (tertiary/aromatic N) is 4. The van der Waals surface area contributed by atoms with Crippen LogP contribution < -0.4 is 15.3 Å². The molecule has 0 bridgehead atoms. The van der Waals surface area contributed by atoms with Gasteiger partial charge in [0.2, 0.25) is 10.6 Å². The van der Waals surface area contributed by atoms with Gasteiger partial charge in [-0.25, -0.2) is 4.73 Å². The third kappa shape index (κ3) is 2.46. The van der Waals surface area contributed by atoms with Crippen molar-refractivity contribution in [1.82, 2.24) is 10.00 Å². The van der Waals surface area contributed by atoms with Crippen LogP contribution in [0.5, 0.6) is 0 Å². The number of aromatic nitrogens is 3. The van der Waals surface area contributed by atoms with Gasteiger partial charge in [0.15, 0.2) is 0 Å². The summed E-state index contributed by atoms with van der Waals surface area (Å²) in [4.78, 5) is 2.44. The van der Waals surface area contributed by atoms with E-state index in [1.807, 2.05) is 25.1 Å². The Hall–Kier alpha value is -1.99. The van der Waals surface area contributed by atoms with Crippen LogP contribution >= 0.6 is 0 Å². The van der Waals surface area contributed by atoms with Gasteiger partial charge >= 0.3 is 11.3 Å².